The molecule has 0 bridgehead atoms. The summed E-state index contributed by atoms with van der Waals surface area (Å²) in [6.07, 6.45) is -0.760. The first-order chi connectivity index (χ1) is 15.2. The van der Waals surface area contributed by atoms with Crippen molar-refractivity contribution in [3.63, 3.8) is 0 Å². The molecule has 0 aromatic heterocycles. The molecule has 172 valence electrons. The van der Waals surface area contributed by atoms with Crippen LogP contribution in [0.1, 0.15) is 47.1 Å². The zero-order valence-electron chi connectivity index (χ0n) is 18.4. The number of nitrogens with one attached hydrogen (secondary N) is 1. The van der Waals surface area contributed by atoms with Crippen molar-refractivity contribution in [1.29, 1.82) is 0 Å². The van der Waals surface area contributed by atoms with Crippen molar-refractivity contribution in [1.82, 2.24) is 5.32 Å². The van der Waals surface area contributed by atoms with Gasteiger partial charge < -0.3 is 19.5 Å². The SMILES string of the molecule is CC(C)(C)OC[C@H](NC(=O)OCc1ccccc1)C(=O)c1ccccc1C(=O)OCCBr. The molecule has 1 amide bonds. The van der Waals surface area contributed by atoms with Crippen LogP contribution in [0.4, 0.5) is 4.79 Å². The third-order valence-electron chi connectivity index (χ3n) is 4.23. The lowest BCUT2D eigenvalue weighted by atomic mass is 9.99. The van der Waals surface area contributed by atoms with Gasteiger partial charge >= 0.3 is 12.1 Å². The minimum Gasteiger partial charge on any atom is -0.461 e. The molecule has 0 fully saturated rings. The Kier molecular flexibility index (Phi) is 9.87. The number of benzene rings is 2. The first-order valence-corrected chi connectivity index (χ1v) is 11.3. The van der Waals surface area contributed by atoms with Crippen molar-refractivity contribution >= 4 is 33.8 Å². The maximum Gasteiger partial charge on any atom is 0.408 e. The molecule has 1 atom stereocenters. The van der Waals surface area contributed by atoms with Crippen LogP contribution in [-0.2, 0) is 20.8 Å². The van der Waals surface area contributed by atoms with Crippen LogP contribution in [0.5, 0.6) is 0 Å². The number of Topliss-reactive ketones (excluding diaryl/α,β-unsaturated/α-hetero) is 1. The van der Waals surface area contributed by atoms with Gasteiger partial charge in [0, 0.05) is 10.9 Å². The lowest BCUT2D eigenvalue weighted by molar-refractivity contribution is -0.0120. The molecule has 1 N–H and O–H groups in total. The molecule has 2 rings (SSSR count). The van der Waals surface area contributed by atoms with Gasteiger partial charge in [0.05, 0.1) is 17.8 Å². The number of carbonyl (C=O) groups is 3. The standard InChI is InChI=1S/C24H28BrNO6/c1-24(2,3)32-16-20(26-23(29)31-15-17-9-5-4-6-10-17)21(27)18-11-7-8-12-19(18)22(28)30-14-13-25/h4-12,20H,13-16H2,1-3H3,(H,26,29)/t20-/m0/s1. The third kappa shape index (κ3) is 8.43. The van der Waals surface area contributed by atoms with E-state index >= 15 is 0 Å². The van der Waals surface area contributed by atoms with E-state index in [0.717, 1.165) is 5.56 Å². The molecule has 0 heterocycles. The van der Waals surface area contributed by atoms with Crippen molar-refractivity contribution in [3.8, 4) is 0 Å². The largest absolute Gasteiger partial charge is 0.461 e. The monoisotopic (exact) mass is 505 g/mol. The maximum absolute atomic E-state index is 13.3. The number of rotatable bonds is 10. The highest BCUT2D eigenvalue weighted by Gasteiger charge is 2.28. The molecule has 32 heavy (non-hydrogen) atoms. The summed E-state index contributed by atoms with van der Waals surface area (Å²) in [7, 11) is 0. The number of alkyl carbamates (subject to hydrolysis) is 1. The highest BCUT2D eigenvalue weighted by Crippen LogP contribution is 2.16. The van der Waals surface area contributed by atoms with Crippen molar-refractivity contribution < 1.29 is 28.6 Å². The Hall–Kier alpha value is -2.71. The molecule has 0 saturated heterocycles. The van der Waals surface area contributed by atoms with Gasteiger partial charge in [0.15, 0.2) is 5.78 Å². The average Bonchev–Trinajstić information content (AvgIpc) is 2.78. The molecular formula is C24H28BrNO6. The van der Waals surface area contributed by atoms with Crippen LogP contribution >= 0.6 is 15.9 Å². The Bertz CT molecular complexity index is 910. The number of ether oxygens (including phenoxy) is 3. The van der Waals surface area contributed by atoms with E-state index in [0.29, 0.717) is 5.33 Å². The molecule has 0 radical (unpaired) electrons. The summed E-state index contributed by atoms with van der Waals surface area (Å²) in [4.78, 5) is 38.1. The van der Waals surface area contributed by atoms with Gasteiger partial charge in [-0.3, -0.25) is 4.79 Å². The van der Waals surface area contributed by atoms with E-state index in [4.69, 9.17) is 14.2 Å². The van der Waals surface area contributed by atoms with Crippen molar-refractivity contribution in [3.05, 3.63) is 71.3 Å². The van der Waals surface area contributed by atoms with Gasteiger partial charge in [-0.15, -0.1) is 0 Å². The molecule has 2 aromatic carbocycles. The second-order valence-electron chi connectivity index (χ2n) is 7.92. The van der Waals surface area contributed by atoms with Crippen LogP contribution in [0.15, 0.2) is 54.6 Å². The molecule has 2 aromatic rings. The number of halogens is 1. The second-order valence-corrected chi connectivity index (χ2v) is 8.71. The van der Waals surface area contributed by atoms with E-state index in [1.54, 1.807) is 12.1 Å². The summed E-state index contributed by atoms with van der Waals surface area (Å²) in [5.74, 6) is -1.09. The topological polar surface area (TPSA) is 90.9 Å². The predicted octanol–water partition coefficient (Wildman–Crippen LogP) is 4.53. The Morgan fingerprint density at radius 3 is 2.19 bits per heavy atom. The fourth-order valence-corrected chi connectivity index (χ4v) is 2.86. The quantitative estimate of drug-likeness (QED) is 0.289. The Balaban J connectivity index is 2.17. The minimum absolute atomic E-state index is 0.0587. The van der Waals surface area contributed by atoms with E-state index < -0.39 is 29.5 Å². The predicted molar refractivity (Wildman–Crippen MR) is 124 cm³/mol. The third-order valence-corrected chi connectivity index (χ3v) is 4.55. The Morgan fingerprint density at radius 2 is 1.56 bits per heavy atom. The molecule has 8 heteroatoms. The van der Waals surface area contributed by atoms with Crippen molar-refractivity contribution in [2.24, 2.45) is 0 Å². The lowest BCUT2D eigenvalue weighted by Gasteiger charge is -2.25. The van der Waals surface area contributed by atoms with Crippen molar-refractivity contribution in [2.75, 3.05) is 18.5 Å². The van der Waals surface area contributed by atoms with Gasteiger partial charge in [-0.1, -0.05) is 64.5 Å². The summed E-state index contributed by atoms with van der Waals surface area (Å²) >= 11 is 3.20. The van der Waals surface area contributed by atoms with Crippen molar-refractivity contribution in [2.45, 2.75) is 39.0 Å². The first-order valence-electron chi connectivity index (χ1n) is 10.2. The van der Waals surface area contributed by atoms with Crippen LogP contribution < -0.4 is 5.32 Å². The molecule has 0 saturated carbocycles. The van der Waals surface area contributed by atoms with E-state index in [1.165, 1.54) is 12.1 Å². The molecule has 0 aliphatic carbocycles. The van der Waals surface area contributed by atoms with Crippen LogP contribution in [0.3, 0.4) is 0 Å². The highest BCUT2D eigenvalue weighted by molar-refractivity contribution is 9.09. The smallest absolute Gasteiger partial charge is 0.408 e. The van der Waals surface area contributed by atoms with Gasteiger partial charge in [-0.25, -0.2) is 9.59 Å². The number of hydrogen-bond donors (Lipinski definition) is 1. The summed E-state index contributed by atoms with van der Waals surface area (Å²) in [6, 6.07) is 14.5. The fraction of sp³-hybridized carbons (Fsp3) is 0.375. The van der Waals surface area contributed by atoms with Crippen LogP contribution in [-0.4, -0.2) is 48.0 Å². The minimum atomic E-state index is -1.05. The number of carbonyl (C=O) groups excluding carboxylic acids is 3. The van der Waals surface area contributed by atoms with Gasteiger partial charge in [-0.2, -0.15) is 0 Å². The number of hydrogen-bond acceptors (Lipinski definition) is 6. The van der Waals surface area contributed by atoms with Crippen LogP contribution in [0.25, 0.3) is 0 Å². The number of alkyl halides is 1. The highest BCUT2D eigenvalue weighted by atomic mass is 79.9. The zero-order chi connectivity index (χ0) is 23.6. The molecule has 0 spiro atoms. The number of ketones is 1. The number of esters is 1. The number of amides is 1. The molecule has 0 unspecified atom stereocenters. The normalized spacial score (nSPS) is 12.0. The van der Waals surface area contributed by atoms with Gasteiger partial charge in [0.25, 0.3) is 0 Å². The molecule has 7 nitrogen and oxygen atoms in total. The summed E-state index contributed by atoms with van der Waals surface area (Å²) in [6.45, 7) is 5.66. The maximum atomic E-state index is 13.3. The van der Waals surface area contributed by atoms with E-state index in [-0.39, 0.29) is 30.9 Å². The lowest BCUT2D eigenvalue weighted by Crippen LogP contribution is -2.46. The Morgan fingerprint density at radius 1 is 0.938 bits per heavy atom. The summed E-state index contributed by atoms with van der Waals surface area (Å²) in [5.41, 5.74) is 0.538. The fourth-order valence-electron chi connectivity index (χ4n) is 2.70. The average molecular weight is 506 g/mol. The Labute approximate surface area is 196 Å². The van der Waals surface area contributed by atoms with E-state index in [2.05, 4.69) is 21.2 Å². The van der Waals surface area contributed by atoms with Gasteiger partial charge in [0.1, 0.15) is 19.3 Å². The second kappa shape index (κ2) is 12.4. The first kappa shape index (κ1) is 25.5. The summed E-state index contributed by atoms with van der Waals surface area (Å²) in [5, 5.41) is 3.05. The van der Waals surface area contributed by atoms with Crippen LogP contribution in [0.2, 0.25) is 0 Å². The van der Waals surface area contributed by atoms with Crippen LogP contribution in [0, 0.1) is 0 Å². The zero-order valence-corrected chi connectivity index (χ0v) is 20.0. The van der Waals surface area contributed by atoms with Gasteiger partial charge in [0.2, 0.25) is 0 Å². The molecule has 0 aliphatic heterocycles. The molecule has 0 aliphatic rings. The summed E-state index contributed by atoms with van der Waals surface area (Å²) < 4.78 is 16.2. The van der Waals surface area contributed by atoms with E-state index in [9.17, 15) is 14.4 Å². The van der Waals surface area contributed by atoms with Gasteiger partial charge in [-0.05, 0) is 32.4 Å². The molecular weight excluding hydrogens is 478 g/mol. The van der Waals surface area contributed by atoms with E-state index in [1.807, 2.05) is 51.1 Å².